The maximum Gasteiger partial charge on any atom is 0.242 e. The molecule has 2 aromatic carbocycles. The summed E-state index contributed by atoms with van der Waals surface area (Å²) in [6, 6.07) is 12.9. The van der Waals surface area contributed by atoms with Gasteiger partial charge in [-0.3, -0.25) is 9.59 Å². The molecule has 7 heteroatoms. The van der Waals surface area contributed by atoms with E-state index in [0.717, 1.165) is 11.3 Å². The topological polar surface area (TPSA) is 49.4 Å². The molecule has 0 spiro atoms. The van der Waals surface area contributed by atoms with Gasteiger partial charge in [0, 0.05) is 18.3 Å². The lowest BCUT2D eigenvalue weighted by Crippen LogP contribution is -2.49. The summed E-state index contributed by atoms with van der Waals surface area (Å²) in [7, 11) is 0. The average Bonchev–Trinajstić information content (AvgIpc) is 2.69. The number of hydrogen-bond acceptors (Lipinski definition) is 3. The molecule has 162 valence electrons. The number of benzene rings is 2. The van der Waals surface area contributed by atoms with Crippen LogP contribution in [0.15, 0.2) is 42.5 Å². The van der Waals surface area contributed by atoms with Crippen molar-refractivity contribution in [3.05, 3.63) is 69.2 Å². The van der Waals surface area contributed by atoms with Gasteiger partial charge in [0.2, 0.25) is 11.8 Å². The summed E-state index contributed by atoms with van der Waals surface area (Å²) in [5.41, 5.74) is 3.20. The summed E-state index contributed by atoms with van der Waals surface area (Å²) >= 11 is 13.7. The van der Waals surface area contributed by atoms with Crippen LogP contribution in [-0.2, 0) is 21.9 Å². The van der Waals surface area contributed by atoms with Crippen molar-refractivity contribution >= 4 is 46.8 Å². The van der Waals surface area contributed by atoms with Crippen LogP contribution in [-0.4, -0.2) is 34.6 Å². The fourth-order valence-corrected chi connectivity index (χ4v) is 4.04. The van der Waals surface area contributed by atoms with Gasteiger partial charge in [-0.25, -0.2) is 0 Å². The summed E-state index contributed by atoms with van der Waals surface area (Å²) in [5, 5.41) is 3.77. The highest BCUT2D eigenvalue weighted by Gasteiger charge is 2.26. The van der Waals surface area contributed by atoms with Crippen LogP contribution >= 0.6 is 35.0 Å². The van der Waals surface area contributed by atoms with Crippen molar-refractivity contribution < 1.29 is 9.59 Å². The van der Waals surface area contributed by atoms with Crippen molar-refractivity contribution in [2.24, 2.45) is 0 Å². The maximum atomic E-state index is 13.0. The fourth-order valence-electron chi connectivity index (χ4n) is 2.85. The molecule has 0 aliphatic heterocycles. The molecular weight excluding hydrogens is 439 g/mol. The number of nitrogens with one attached hydrogen (secondary N) is 1. The van der Waals surface area contributed by atoms with Crippen LogP contribution < -0.4 is 5.32 Å². The Morgan fingerprint density at radius 3 is 2.23 bits per heavy atom. The first-order valence-corrected chi connectivity index (χ1v) is 11.8. The van der Waals surface area contributed by atoms with Crippen LogP contribution in [0.3, 0.4) is 0 Å². The third kappa shape index (κ3) is 7.53. The SMILES string of the molecule is Cc1ccc(CSCC(=O)N(Cc2ccc(Cl)c(Cl)c2)[C@@H](C)C(=O)NC(C)C)cc1. The monoisotopic (exact) mass is 466 g/mol. The molecular formula is C23H28Cl2N2O2S. The van der Waals surface area contributed by atoms with E-state index in [2.05, 4.69) is 29.6 Å². The molecule has 0 bridgehead atoms. The Morgan fingerprint density at radius 2 is 1.63 bits per heavy atom. The van der Waals surface area contributed by atoms with E-state index in [9.17, 15) is 9.59 Å². The molecule has 2 amide bonds. The zero-order valence-corrected chi connectivity index (χ0v) is 20.1. The van der Waals surface area contributed by atoms with Crippen molar-refractivity contribution in [3.8, 4) is 0 Å². The standard InChI is InChI=1S/C23H28Cl2N2O2S/c1-15(2)26-23(29)17(4)27(12-19-9-10-20(24)21(25)11-19)22(28)14-30-13-18-7-5-16(3)6-8-18/h5-11,15,17H,12-14H2,1-4H3,(H,26,29)/t17-/m0/s1. The molecule has 1 N–H and O–H groups in total. The molecule has 0 aromatic heterocycles. The molecule has 30 heavy (non-hydrogen) atoms. The van der Waals surface area contributed by atoms with Gasteiger partial charge in [-0.05, 0) is 51.0 Å². The molecule has 0 saturated carbocycles. The molecule has 0 aliphatic rings. The molecule has 0 saturated heterocycles. The predicted molar refractivity (Wildman–Crippen MR) is 127 cm³/mol. The summed E-state index contributed by atoms with van der Waals surface area (Å²) in [4.78, 5) is 27.2. The predicted octanol–water partition coefficient (Wildman–Crippen LogP) is 5.48. The second-order valence-corrected chi connectivity index (χ2v) is 9.39. The van der Waals surface area contributed by atoms with E-state index in [1.165, 1.54) is 22.9 Å². The van der Waals surface area contributed by atoms with Gasteiger partial charge in [0.05, 0.1) is 15.8 Å². The minimum atomic E-state index is -0.602. The Balaban J connectivity index is 2.09. The fraction of sp³-hybridized carbons (Fsp3) is 0.391. The van der Waals surface area contributed by atoms with Gasteiger partial charge in [-0.15, -0.1) is 11.8 Å². The minimum Gasteiger partial charge on any atom is -0.352 e. The van der Waals surface area contributed by atoms with Crippen molar-refractivity contribution in [1.82, 2.24) is 10.2 Å². The van der Waals surface area contributed by atoms with Crippen LogP contribution in [0, 0.1) is 6.92 Å². The highest BCUT2D eigenvalue weighted by molar-refractivity contribution is 7.99. The highest BCUT2D eigenvalue weighted by atomic mass is 35.5. The average molecular weight is 467 g/mol. The van der Waals surface area contributed by atoms with Gasteiger partial charge in [0.15, 0.2) is 0 Å². The summed E-state index contributed by atoms with van der Waals surface area (Å²) in [6.07, 6.45) is 0. The number of hydrogen-bond donors (Lipinski definition) is 1. The Morgan fingerprint density at radius 1 is 1.00 bits per heavy atom. The van der Waals surface area contributed by atoms with E-state index in [0.29, 0.717) is 10.0 Å². The smallest absolute Gasteiger partial charge is 0.242 e. The minimum absolute atomic E-state index is 0.00205. The third-order valence-corrected chi connectivity index (χ3v) is 6.28. The largest absolute Gasteiger partial charge is 0.352 e. The quantitative estimate of drug-likeness (QED) is 0.532. The lowest BCUT2D eigenvalue weighted by atomic mass is 10.1. The van der Waals surface area contributed by atoms with Crippen LogP contribution in [0.25, 0.3) is 0 Å². The number of aryl methyl sites for hydroxylation is 1. The van der Waals surface area contributed by atoms with Crippen molar-refractivity contribution in [2.75, 3.05) is 5.75 Å². The summed E-state index contributed by atoms with van der Waals surface area (Å²) in [6.45, 7) is 7.87. The number of carbonyl (C=O) groups is 2. The third-order valence-electron chi connectivity index (χ3n) is 4.55. The second-order valence-electron chi connectivity index (χ2n) is 7.59. The van der Waals surface area contributed by atoms with Gasteiger partial charge < -0.3 is 10.2 Å². The molecule has 0 heterocycles. The lowest BCUT2D eigenvalue weighted by molar-refractivity contribution is -0.138. The summed E-state index contributed by atoms with van der Waals surface area (Å²) < 4.78 is 0. The highest BCUT2D eigenvalue weighted by Crippen LogP contribution is 2.24. The number of thioether (sulfide) groups is 1. The van der Waals surface area contributed by atoms with E-state index >= 15 is 0 Å². The first-order valence-electron chi connectivity index (χ1n) is 9.84. The zero-order chi connectivity index (χ0) is 22.3. The van der Waals surface area contributed by atoms with Gasteiger partial charge in [0.1, 0.15) is 6.04 Å². The van der Waals surface area contributed by atoms with Crippen LogP contribution in [0.2, 0.25) is 10.0 Å². The molecule has 0 fully saturated rings. The Kier molecular flexibility index (Phi) is 9.53. The second kappa shape index (κ2) is 11.6. The first kappa shape index (κ1) is 24.6. The molecule has 2 aromatic rings. The Bertz CT molecular complexity index is 872. The molecule has 0 aliphatic carbocycles. The summed E-state index contributed by atoms with van der Waals surface area (Å²) in [5.74, 6) is 0.750. The molecule has 4 nitrogen and oxygen atoms in total. The number of nitrogens with zero attached hydrogens (tertiary/aromatic N) is 1. The Labute approximate surface area is 193 Å². The first-order chi connectivity index (χ1) is 14.2. The zero-order valence-electron chi connectivity index (χ0n) is 17.7. The molecule has 0 unspecified atom stereocenters. The normalized spacial score (nSPS) is 12.0. The number of rotatable bonds is 9. The Hall–Kier alpha value is -1.69. The molecule has 0 radical (unpaired) electrons. The molecule has 1 atom stereocenters. The maximum absolute atomic E-state index is 13.0. The van der Waals surface area contributed by atoms with Crippen LogP contribution in [0.1, 0.15) is 37.5 Å². The van der Waals surface area contributed by atoms with Crippen LogP contribution in [0.4, 0.5) is 0 Å². The van der Waals surface area contributed by atoms with Gasteiger partial charge in [0.25, 0.3) is 0 Å². The van der Waals surface area contributed by atoms with E-state index in [1.807, 2.05) is 26.8 Å². The van der Waals surface area contributed by atoms with Gasteiger partial charge in [-0.2, -0.15) is 0 Å². The number of carbonyl (C=O) groups excluding carboxylic acids is 2. The van der Waals surface area contributed by atoms with E-state index in [-0.39, 0.29) is 30.2 Å². The van der Waals surface area contributed by atoms with Gasteiger partial charge in [-0.1, -0.05) is 59.1 Å². The van der Waals surface area contributed by atoms with Crippen molar-refractivity contribution in [2.45, 2.75) is 52.1 Å². The van der Waals surface area contributed by atoms with E-state index in [1.54, 1.807) is 24.0 Å². The number of halogens is 2. The van der Waals surface area contributed by atoms with Crippen molar-refractivity contribution in [1.29, 1.82) is 0 Å². The van der Waals surface area contributed by atoms with E-state index < -0.39 is 6.04 Å². The number of amides is 2. The van der Waals surface area contributed by atoms with Crippen LogP contribution in [0.5, 0.6) is 0 Å². The molecule has 2 rings (SSSR count). The van der Waals surface area contributed by atoms with Crippen molar-refractivity contribution in [3.63, 3.8) is 0 Å². The van der Waals surface area contributed by atoms with E-state index in [4.69, 9.17) is 23.2 Å². The lowest BCUT2D eigenvalue weighted by Gasteiger charge is -2.29. The van der Waals surface area contributed by atoms with Gasteiger partial charge >= 0.3 is 0 Å².